The molecule has 0 aromatic carbocycles. The van der Waals surface area contributed by atoms with Crippen molar-refractivity contribution in [1.29, 1.82) is 0 Å². The largest absolute Gasteiger partial charge is 0.458 e. The lowest BCUT2D eigenvalue weighted by molar-refractivity contribution is -0.189. The van der Waals surface area contributed by atoms with Gasteiger partial charge in [-0.2, -0.15) is 0 Å². The summed E-state index contributed by atoms with van der Waals surface area (Å²) in [6.45, 7) is 4.55. The van der Waals surface area contributed by atoms with Crippen molar-refractivity contribution in [3.63, 3.8) is 0 Å². The van der Waals surface area contributed by atoms with Crippen molar-refractivity contribution in [2.45, 2.75) is 83.4 Å². The molecule has 29 heavy (non-hydrogen) atoms. The molecule has 0 N–H and O–H groups in total. The van der Waals surface area contributed by atoms with Crippen LogP contribution < -0.4 is 0 Å². The quantitative estimate of drug-likeness (QED) is 0.551. The van der Waals surface area contributed by atoms with Crippen LogP contribution in [0.1, 0.15) is 71.6 Å². The lowest BCUT2D eigenvalue weighted by atomic mass is 9.42. The molecule has 1 saturated heterocycles. The zero-order valence-electron chi connectivity index (χ0n) is 17.5. The topological polar surface area (TPSA) is 43.4 Å². The standard InChI is InChI=1S/C25H31FO3/c1-22-5-3-13(27)9-18(22)24(7-8-24)11-15-20-14-10-16(14)25(6-4-19(28)29-25)23(20,2)12-17(26)21(15)22/h9,14-17,20-21H,3-8,10-12H2,1-2H3/t14-,15?,16+,17+,20?,21?,22+,23+,25+/m1/s1. The number of ketones is 1. The van der Waals surface area contributed by atoms with E-state index in [1.165, 1.54) is 24.8 Å². The number of carbonyl (C=O) groups is 2. The van der Waals surface area contributed by atoms with Gasteiger partial charge >= 0.3 is 5.97 Å². The van der Waals surface area contributed by atoms with E-state index in [1.54, 1.807) is 0 Å². The molecule has 0 aromatic rings. The van der Waals surface area contributed by atoms with Crippen LogP contribution in [0.5, 0.6) is 0 Å². The summed E-state index contributed by atoms with van der Waals surface area (Å²) in [6.07, 6.45) is 8.84. The van der Waals surface area contributed by atoms with Gasteiger partial charge < -0.3 is 4.74 Å². The van der Waals surface area contributed by atoms with Gasteiger partial charge in [-0.15, -0.1) is 0 Å². The minimum Gasteiger partial charge on any atom is -0.458 e. The van der Waals surface area contributed by atoms with E-state index in [4.69, 9.17) is 4.74 Å². The average Bonchev–Trinajstić information content (AvgIpc) is 3.55. The van der Waals surface area contributed by atoms with Crippen molar-refractivity contribution in [1.82, 2.24) is 0 Å². The van der Waals surface area contributed by atoms with Crippen molar-refractivity contribution in [2.75, 3.05) is 0 Å². The number of alkyl halides is 1. The summed E-state index contributed by atoms with van der Waals surface area (Å²) >= 11 is 0. The van der Waals surface area contributed by atoms with Gasteiger partial charge in [0.2, 0.25) is 0 Å². The van der Waals surface area contributed by atoms with E-state index in [1.807, 2.05) is 6.08 Å². The zero-order valence-corrected chi connectivity index (χ0v) is 17.5. The number of esters is 1. The highest BCUT2D eigenvalue weighted by Crippen LogP contribution is 2.82. The maximum atomic E-state index is 16.2. The molecule has 156 valence electrons. The Labute approximate surface area is 171 Å². The molecule has 0 bridgehead atoms. The van der Waals surface area contributed by atoms with Crippen molar-refractivity contribution in [3.05, 3.63) is 11.6 Å². The van der Waals surface area contributed by atoms with Gasteiger partial charge in [-0.25, -0.2) is 4.39 Å². The van der Waals surface area contributed by atoms with Crippen LogP contribution in [0, 0.1) is 45.8 Å². The summed E-state index contributed by atoms with van der Waals surface area (Å²) in [5.74, 6) is 2.13. The third-order valence-electron chi connectivity index (χ3n) is 11.1. The van der Waals surface area contributed by atoms with E-state index >= 15 is 4.39 Å². The Kier molecular flexibility index (Phi) is 2.91. The first-order valence-corrected chi connectivity index (χ1v) is 11.9. The summed E-state index contributed by atoms with van der Waals surface area (Å²) in [7, 11) is 0. The van der Waals surface area contributed by atoms with Crippen molar-refractivity contribution < 1.29 is 18.7 Å². The van der Waals surface area contributed by atoms with Crippen LogP contribution in [0.3, 0.4) is 0 Å². The minimum absolute atomic E-state index is 0.0275. The van der Waals surface area contributed by atoms with Crippen LogP contribution in [-0.4, -0.2) is 23.5 Å². The number of allylic oxidation sites excluding steroid dienone is 1. The first kappa shape index (κ1) is 17.5. The molecule has 2 spiro atoms. The van der Waals surface area contributed by atoms with E-state index in [2.05, 4.69) is 13.8 Å². The Bertz CT molecular complexity index is 888. The smallest absolute Gasteiger partial charge is 0.306 e. The molecule has 6 fully saturated rings. The second-order valence-electron chi connectivity index (χ2n) is 12.1. The fraction of sp³-hybridized carbons (Fsp3) is 0.840. The first-order chi connectivity index (χ1) is 13.7. The maximum Gasteiger partial charge on any atom is 0.306 e. The number of hydrogen-bond donors (Lipinski definition) is 0. The normalized spacial score (nSPS) is 58.2. The molecule has 7 aliphatic rings. The highest BCUT2D eigenvalue weighted by atomic mass is 19.1. The fourth-order valence-electron chi connectivity index (χ4n) is 10.0. The Balaban J connectivity index is 1.36. The van der Waals surface area contributed by atoms with E-state index in [0.717, 1.165) is 19.3 Å². The molecule has 6 aliphatic carbocycles. The second kappa shape index (κ2) is 4.83. The number of hydrogen-bond acceptors (Lipinski definition) is 3. The van der Waals surface area contributed by atoms with Gasteiger partial charge in [-0.3, -0.25) is 9.59 Å². The summed E-state index contributed by atoms with van der Waals surface area (Å²) in [4.78, 5) is 24.5. The van der Waals surface area contributed by atoms with Gasteiger partial charge in [0.05, 0.1) is 0 Å². The molecule has 1 aliphatic heterocycles. The predicted molar refractivity (Wildman–Crippen MR) is 104 cm³/mol. The van der Waals surface area contributed by atoms with Crippen LogP contribution in [0.2, 0.25) is 0 Å². The molecule has 3 unspecified atom stereocenters. The van der Waals surface area contributed by atoms with Gasteiger partial charge in [0.1, 0.15) is 11.8 Å². The molecule has 3 nitrogen and oxygen atoms in total. The lowest BCUT2D eigenvalue weighted by Crippen LogP contribution is -2.61. The van der Waals surface area contributed by atoms with Gasteiger partial charge in [-0.1, -0.05) is 19.4 Å². The lowest BCUT2D eigenvalue weighted by Gasteiger charge is -2.62. The molecule has 4 heteroatoms. The summed E-state index contributed by atoms with van der Waals surface area (Å²) in [5, 5.41) is 0. The Hall–Kier alpha value is -1.19. The Morgan fingerprint density at radius 1 is 1.00 bits per heavy atom. The molecule has 0 radical (unpaired) electrons. The third-order valence-corrected chi connectivity index (χ3v) is 11.1. The zero-order chi connectivity index (χ0) is 20.0. The highest BCUT2D eigenvalue weighted by Gasteiger charge is 2.81. The number of halogens is 1. The molecule has 0 aromatic heterocycles. The summed E-state index contributed by atoms with van der Waals surface area (Å²) in [5.41, 5.74) is 0.689. The van der Waals surface area contributed by atoms with E-state index < -0.39 is 11.8 Å². The molecular formula is C25H31FO3. The molecule has 1 heterocycles. The second-order valence-corrected chi connectivity index (χ2v) is 12.1. The molecule has 9 atom stereocenters. The third kappa shape index (κ3) is 1.80. The van der Waals surface area contributed by atoms with Gasteiger partial charge in [0.25, 0.3) is 0 Å². The Morgan fingerprint density at radius 3 is 2.48 bits per heavy atom. The van der Waals surface area contributed by atoms with Crippen molar-refractivity contribution in [2.24, 2.45) is 45.8 Å². The molecule has 0 amide bonds. The monoisotopic (exact) mass is 398 g/mol. The van der Waals surface area contributed by atoms with Crippen LogP contribution in [0.4, 0.5) is 4.39 Å². The first-order valence-electron chi connectivity index (χ1n) is 11.9. The SMILES string of the molecule is C[C@]12CCC(=O)C=C1C1(CC1)CC1C2[C@@H](F)C[C@@]2(C)C1[C@@H]1C[C@@H]1[C@@]21CCC(=O)O1. The Morgan fingerprint density at radius 2 is 1.79 bits per heavy atom. The molecule has 5 saturated carbocycles. The number of ether oxygens (including phenoxy) is 1. The minimum atomic E-state index is -0.868. The highest BCUT2D eigenvalue weighted by molar-refractivity contribution is 5.92. The molecular weight excluding hydrogens is 367 g/mol. The number of rotatable bonds is 0. The average molecular weight is 399 g/mol. The number of fused-ring (bicyclic) bond motifs is 10. The van der Waals surface area contributed by atoms with Gasteiger partial charge in [0.15, 0.2) is 5.78 Å². The fourth-order valence-corrected chi connectivity index (χ4v) is 10.0. The van der Waals surface area contributed by atoms with Crippen LogP contribution in [0.15, 0.2) is 11.6 Å². The van der Waals surface area contributed by atoms with Crippen LogP contribution >= 0.6 is 0 Å². The van der Waals surface area contributed by atoms with Gasteiger partial charge in [0, 0.05) is 30.1 Å². The van der Waals surface area contributed by atoms with Crippen molar-refractivity contribution >= 4 is 11.8 Å². The maximum absolute atomic E-state index is 16.2. The van der Waals surface area contributed by atoms with E-state index in [9.17, 15) is 9.59 Å². The summed E-state index contributed by atoms with van der Waals surface area (Å²) < 4.78 is 22.3. The predicted octanol–water partition coefficient (Wildman–Crippen LogP) is 4.79. The molecule has 7 rings (SSSR count). The van der Waals surface area contributed by atoms with Crippen LogP contribution in [0.25, 0.3) is 0 Å². The van der Waals surface area contributed by atoms with Crippen LogP contribution in [-0.2, 0) is 14.3 Å². The van der Waals surface area contributed by atoms with E-state index in [-0.39, 0.29) is 33.9 Å². The van der Waals surface area contributed by atoms with Crippen molar-refractivity contribution in [3.8, 4) is 0 Å². The summed E-state index contributed by atoms with van der Waals surface area (Å²) in [6, 6.07) is 0. The number of carbonyl (C=O) groups excluding carboxylic acids is 2. The van der Waals surface area contributed by atoms with E-state index in [0.29, 0.717) is 42.9 Å². The van der Waals surface area contributed by atoms with Gasteiger partial charge in [-0.05, 0) is 79.6 Å².